The molecule has 0 aliphatic carbocycles. The Hall–Kier alpha value is -1.38. The van der Waals surface area contributed by atoms with Crippen LogP contribution in [-0.4, -0.2) is 6.04 Å². The quantitative estimate of drug-likeness (QED) is 0.896. The van der Waals surface area contributed by atoms with Crippen LogP contribution < -0.4 is 5.73 Å². The topological polar surface area (TPSA) is 26.0 Å². The number of rotatable bonds is 4. The Balaban J connectivity index is 2.03. The van der Waals surface area contributed by atoms with Gasteiger partial charge in [-0.25, -0.2) is 4.39 Å². The van der Waals surface area contributed by atoms with Crippen molar-refractivity contribution in [1.82, 2.24) is 0 Å². The van der Waals surface area contributed by atoms with Crippen LogP contribution in [-0.2, 0) is 12.8 Å². The number of hydrogen-bond acceptors (Lipinski definition) is 1. The first-order chi connectivity index (χ1) is 8.66. The first-order valence-electron chi connectivity index (χ1n) is 5.89. The second-order valence-electron chi connectivity index (χ2n) is 4.37. The summed E-state index contributed by atoms with van der Waals surface area (Å²) < 4.78 is 13.7. The van der Waals surface area contributed by atoms with E-state index in [-0.39, 0.29) is 16.9 Å². The van der Waals surface area contributed by atoms with Crippen LogP contribution in [0.2, 0.25) is 5.02 Å². The van der Waals surface area contributed by atoms with Crippen LogP contribution in [0.3, 0.4) is 0 Å². The zero-order valence-corrected chi connectivity index (χ0v) is 10.7. The Labute approximate surface area is 111 Å². The largest absolute Gasteiger partial charge is 0.327 e. The summed E-state index contributed by atoms with van der Waals surface area (Å²) >= 11 is 5.74. The highest BCUT2D eigenvalue weighted by molar-refractivity contribution is 6.30. The first kappa shape index (κ1) is 13.1. The molecule has 1 unspecified atom stereocenters. The highest BCUT2D eigenvalue weighted by atomic mass is 35.5. The predicted molar refractivity (Wildman–Crippen MR) is 73.2 cm³/mol. The maximum Gasteiger partial charge on any atom is 0.145 e. The van der Waals surface area contributed by atoms with Crippen molar-refractivity contribution >= 4 is 11.6 Å². The highest BCUT2D eigenvalue weighted by Crippen LogP contribution is 2.19. The lowest BCUT2D eigenvalue weighted by molar-refractivity contribution is 0.584. The van der Waals surface area contributed by atoms with E-state index in [0.717, 1.165) is 12.0 Å². The standard InChI is InChI=1S/C15H15ClFN/c16-14-8-4-7-12(15(14)17)10-13(18)9-11-5-2-1-3-6-11/h1-8,13H,9-10,18H2. The maximum atomic E-state index is 13.7. The minimum atomic E-state index is -0.359. The van der Waals surface area contributed by atoms with E-state index in [0.29, 0.717) is 12.0 Å². The minimum absolute atomic E-state index is 0.111. The lowest BCUT2D eigenvalue weighted by atomic mass is 9.99. The second kappa shape index (κ2) is 5.98. The van der Waals surface area contributed by atoms with Crippen molar-refractivity contribution in [3.8, 4) is 0 Å². The van der Waals surface area contributed by atoms with Crippen molar-refractivity contribution in [1.29, 1.82) is 0 Å². The Morgan fingerprint density at radius 2 is 1.72 bits per heavy atom. The molecule has 94 valence electrons. The molecule has 2 aromatic carbocycles. The average molecular weight is 264 g/mol. The molecule has 2 aromatic rings. The van der Waals surface area contributed by atoms with Gasteiger partial charge in [0.1, 0.15) is 5.82 Å². The van der Waals surface area contributed by atoms with E-state index < -0.39 is 0 Å². The summed E-state index contributed by atoms with van der Waals surface area (Å²) in [6, 6.07) is 14.9. The third kappa shape index (κ3) is 3.31. The predicted octanol–water partition coefficient (Wildman–Crippen LogP) is 3.59. The van der Waals surface area contributed by atoms with Gasteiger partial charge in [0.25, 0.3) is 0 Å². The minimum Gasteiger partial charge on any atom is -0.327 e. The van der Waals surface area contributed by atoms with Gasteiger partial charge < -0.3 is 5.73 Å². The van der Waals surface area contributed by atoms with Gasteiger partial charge in [-0.1, -0.05) is 54.1 Å². The van der Waals surface area contributed by atoms with E-state index >= 15 is 0 Å². The van der Waals surface area contributed by atoms with Crippen molar-refractivity contribution in [3.63, 3.8) is 0 Å². The molecule has 0 spiro atoms. The Bertz CT molecular complexity index is 513. The van der Waals surface area contributed by atoms with Gasteiger partial charge in [0.05, 0.1) is 5.02 Å². The molecule has 0 aromatic heterocycles. The van der Waals surface area contributed by atoms with Crippen molar-refractivity contribution in [2.45, 2.75) is 18.9 Å². The molecule has 0 bridgehead atoms. The molecule has 18 heavy (non-hydrogen) atoms. The van der Waals surface area contributed by atoms with Crippen molar-refractivity contribution < 1.29 is 4.39 Å². The number of benzene rings is 2. The zero-order valence-electron chi connectivity index (χ0n) is 9.94. The molecule has 2 N–H and O–H groups in total. The van der Waals surface area contributed by atoms with Crippen LogP contribution in [0.1, 0.15) is 11.1 Å². The molecule has 0 radical (unpaired) electrons. The van der Waals surface area contributed by atoms with Crippen LogP contribution in [0, 0.1) is 5.82 Å². The van der Waals surface area contributed by atoms with Crippen LogP contribution in [0.5, 0.6) is 0 Å². The van der Waals surface area contributed by atoms with Gasteiger partial charge in [-0.15, -0.1) is 0 Å². The molecular formula is C15H15ClFN. The Morgan fingerprint density at radius 1 is 1.00 bits per heavy atom. The lowest BCUT2D eigenvalue weighted by Crippen LogP contribution is -2.26. The van der Waals surface area contributed by atoms with E-state index in [1.165, 1.54) is 0 Å². The molecule has 0 heterocycles. The molecule has 0 aliphatic rings. The lowest BCUT2D eigenvalue weighted by Gasteiger charge is -2.12. The van der Waals surface area contributed by atoms with Gasteiger partial charge in [0.15, 0.2) is 0 Å². The third-order valence-electron chi connectivity index (χ3n) is 2.85. The molecular weight excluding hydrogens is 249 g/mol. The van der Waals surface area contributed by atoms with Crippen molar-refractivity contribution in [3.05, 3.63) is 70.5 Å². The van der Waals surface area contributed by atoms with Gasteiger partial charge in [-0.3, -0.25) is 0 Å². The molecule has 1 atom stereocenters. The average Bonchev–Trinajstić information content (AvgIpc) is 2.36. The molecule has 0 saturated heterocycles. The number of hydrogen-bond donors (Lipinski definition) is 1. The fraction of sp³-hybridized carbons (Fsp3) is 0.200. The van der Waals surface area contributed by atoms with Gasteiger partial charge in [0.2, 0.25) is 0 Å². The van der Waals surface area contributed by atoms with Crippen LogP contribution in [0.25, 0.3) is 0 Å². The summed E-state index contributed by atoms with van der Waals surface area (Å²) in [5.41, 5.74) is 7.78. The van der Waals surface area contributed by atoms with E-state index in [4.69, 9.17) is 17.3 Å². The van der Waals surface area contributed by atoms with E-state index in [1.807, 2.05) is 30.3 Å². The highest BCUT2D eigenvalue weighted by Gasteiger charge is 2.11. The fourth-order valence-electron chi connectivity index (χ4n) is 1.98. The third-order valence-corrected chi connectivity index (χ3v) is 3.15. The van der Waals surface area contributed by atoms with Gasteiger partial charge >= 0.3 is 0 Å². The molecule has 3 heteroatoms. The molecule has 2 rings (SSSR count). The second-order valence-corrected chi connectivity index (χ2v) is 4.77. The van der Waals surface area contributed by atoms with Crippen molar-refractivity contribution in [2.75, 3.05) is 0 Å². The summed E-state index contributed by atoms with van der Waals surface area (Å²) in [5, 5.41) is 0.152. The Kier molecular flexibility index (Phi) is 4.34. The molecule has 0 fully saturated rings. The summed E-state index contributed by atoms with van der Waals surface area (Å²) in [6.07, 6.45) is 1.22. The first-order valence-corrected chi connectivity index (χ1v) is 6.27. The van der Waals surface area contributed by atoms with E-state index in [9.17, 15) is 4.39 Å². The smallest absolute Gasteiger partial charge is 0.145 e. The Morgan fingerprint density at radius 3 is 2.44 bits per heavy atom. The fourth-order valence-corrected chi connectivity index (χ4v) is 2.17. The van der Waals surface area contributed by atoms with Gasteiger partial charge in [-0.05, 0) is 30.0 Å². The number of halogens is 2. The SMILES string of the molecule is NC(Cc1ccccc1)Cc1cccc(Cl)c1F. The van der Waals surface area contributed by atoms with Crippen LogP contribution >= 0.6 is 11.6 Å². The summed E-state index contributed by atoms with van der Waals surface area (Å²) in [4.78, 5) is 0. The molecule has 1 nitrogen and oxygen atoms in total. The summed E-state index contributed by atoms with van der Waals surface area (Å²) in [5.74, 6) is -0.359. The molecule has 0 aliphatic heterocycles. The zero-order chi connectivity index (χ0) is 13.0. The van der Waals surface area contributed by atoms with Crippen LogP contribution in [0.15, 0.2) is 48.5 Å². The van der Waals surface area contributed by atoms with E-state index in [1.54, 1.807) is 18.2 Å². The van der Waals surface area contributed by atoms with Gasteiger partial charge in [0, 0.05) is 6.04 Å². The summed E-state index contributed by atoms with van der Waals surface area (Å²) in [7, 11) is 0. The van der Waals surface area contributed by atoms with Crippen LogP contribution in [0.4, 0.5) is 4.39 Å². The normalized spacial score (nSPS) is 12.4. The van der Waals surface area contributed by atoms with E-state index in [2.05, 4.69) is 0 Å². The molecule has 0 saturated carbocycles. The maximum absolute atomic E-state index is 13.7. The van der Waals surface area contributed by atoms with Crippen molar-refractivity contribution in [2.24, 2.45) is 5.73 Å². The monoisotopic (exact) mass is 263 g/mol. The van der Waals surface area contributed by atoms with Gasteiger partial charge in [-0.2, -0.15) is 0 Å². The number of nitrogens with two attached hydrogens (primary N) is 1. The molecule has 0 amide bonds. The summed E-state index contributed by atoms with van der Waals surface area (Å²) in [6.45, 7) is 0.